The number of rotatable bonds is 1. The van der Waals surface area contributed by atoms with E-state index < -0.39 is 0 Å². The summed E-state index contributed by atoms with van der Waals surface area (Å²) in [5, 5.41) is 0. The molecule has 0 saturated heterocycles. The number of hydrogen-bond acceptors (Lipinski definition) is 1. The molecule has 0 bridgehead atoms. The van der Waals surface area contributed by atoms with Crippen molar-refractivity contribution >= 4 is 11.6 Å². The first kappa shape index (κ1) is 9.25. The Bertz CT molecular complexity index is 384. The molecule has 2 rings (SSSR count). The molecule has 0 saturated carbocycles. The van der Waals surface area contributed by atoms with E-state index in [0.29, 0.717) is 0 Å². The second-order valence-corrected chi connectivity index (χ2v) is 3.92. The summed E-state index contributed by atoms with van der Waals surface area (Å²) in [5.74, 6) is 0.308. The summed E-state index contributed by atoms with van der Waals surface area (Å²) < 4.78 is 0. The molecule has 74 valence electrons. The van der Waals surface area contributed by atoms with Gasteiger partial charge in [-0.3, -0.25) is 4.79 Å². The van der Waals surface area contributed by atoms with Gasteiger partial charge in [-0.2, -0.15) is 0 Å². The van der Waals surface area contributed by atoms with E-state index in [4.69, 9.17) is 0 Å². The first-order valence-electron chi connectivity index (χ1n) is 5.03. The molecule has 0 aromatic heterocycles. The molecular weight excluding hydrogens is 174 g/mol. The number of anilines is 1. The Hall–Kier alpha value is -1.31. The van der Waals surface area contributed by atoms with Crippen LogP contribution in [-0.4, -0.2) is 13.0 Å². The van der Waals surface area contributed by atoms with E-state index >= 15 is 0 Å². The number of fused-ring (bicyclic) bond motifs is 1. The smallest absolute Gasteiger partial charge is 0.234 e. The maximum atomic E-state index is 11.8. The third-order valence-electron chi connectivity index (χ3n) is 2.96. The van der Waals surface area contributed by atoms with Crippen molar-refractivity contribution in [2.75, 3.05) is 11.9 Å². The Labute approximate surface area is 84.5 Å². The molecule has 2 heteroatoms. The zero-order chi connectivity index (χ0) is 10.3. The van der Waals surface area contributed by atoms with Crippen molar-refractivity contribution in [1.29, 1.82) is 0 Å². The van der Waals surface area contributed by atoms with Gasteiger partial charge in [-0.15, -0.1) is 0 Å². The minimum absolute atomic E-state index is 0.0786. The summed E-state index contributed by atoms with van der Waals surface area (Å²) in [4.78, 5) is 13.6. The average Bonchev–Trinajstić information content (AvgIpc) is 2.39. The summed E-state index contributed by atoms with van der Waals surface area (Å²) in [7, 11) is 1.85. The van der Waals surface area contributed by atoms with Crippen LogP contribution in [0.15, 0.2) is 18.2 Å². The molecule has 0 radical (unpaired) electrons. The fraction of sp³-hybridized carbons (Fsp3) is 0.417. The second-order valence-electron chi connectivity index (χ2n) is 3.92. The normalized spacial score (nSPS) is 20.1. The highest BCUT2D eigenvalue weighted by Gasteiger charge is 2.33. The molecule has 1 aromatic rings. The summed E-state index contributed by atoms with van der Waals surface area (Å²) in [5.41, 5.74) is 3.50. The minimum atomic E-state index is 0.0786. The van der Waals surface area contributed by atoms with Gasteiger partial charge in [0.15, 0.2) is 0 Å². The SMILES string of the molecule is CCC1C(=O)N(C)c2ccc(C)cc21. The first-order chi connectivity index (χ1) is 6.65. The lowest BCUT2D eigenvalue weighted by atomic mass is 9.97. The lowest BCUT2D eigenvalue weighted by molar-refractivity contribution is -0.119. The van der Waals surface area contributed by atoms with Crippen LogP contribution in [0.3, 0.4) is 0 Å². The number of aryl methyl sites for hydroxylation is 1. The van der Waals surface area contributed by atoms with Crippen molar-refractivity contribution in [2.45, 2.75) is 26.2 Å². The molecule has 1 amide bonds. The van der Waals surface area contributed by atoms with Gasteiger partial charge in [0, 0.05) is 12.7 Å². The van der Waals surface area contributed by atoms with Gasteiger partial charge in [0.05, 0.1) is 5.92 Å². The molecule has 0 fully saturated rings. The zero-order valence-corrected chi connectivity index (χ0v) is 8.87. The van der Waals surface area contributed by atoms with Crippen LogP contribution in [0.2, 0.25) is 0 Å². The summed E-state index contributed by atoms with van der Waals surface area (Å²) in [6, 6.07) is 6.23. The minimum Gasteiger partial charge on any atom is -0.315 e. The largest absolute Gasteiger partial charge is 0.315 e. The Morgan fingerprint density at radius 2 is 2.14 bits per heavy atom. The van der Waals surface area contributed by atoms with E-state index in [1.807, 2.05) is 13.1 Å². The van der Waals surface area contributed by atoms with Gasteiger partial charge in [0.25, 0.3) is 0 Å². The maximum Gasteiger partial charge on any atom is 0.234 e. The van der Waals surface area contributed by atoms with Gasteiger partial charge in [-0.25, -0.2) is 0 Å². The monoisotopic (exact) mass is 189 g/mol. The van der Waals surface area contributed by atoms with Crippen molar-refractivity contribution in [3.63, 3.8) is 0 Å². The van der Waals surface area contributed by atoms with E-state index in [0.717, 1.165) is 12.1 Å². The van der Waals surface area contributed by atoms with Gasteiger partial charge in [-0.05, 0) is 25.0 Å². The van der Waals surface area contributed by atoms with Crippen molar-refractivity contribution < 1.29 is 4.79 Å². The molecule has 1 aromatic carbocycles. The molecular formula is C12H15NO. The third-order valence-corrected chi connectivity index (χ3v) is 2.96. The van der Waals surface area contributed by atoms with Gasteiger partial charge >= 0.3 is 0 Å². The van der Waals surface area contributed by atoms with Gasteiger partial charge in [-0.1, -0.05) is 24.6 Å². The van der Waals surface area contributed by atoms with E-state index in [2.05, 4.69) is 26.0 Å². The highest BCUT2D eigenvalue weighted by Crippen LogP contribution is 2.38. The highest BCUT2D eigenvalue weighted by atomic mass is 16.2. The van der Waals surface area contributed by atoms with Gasteiger partial charge in [0.1, 0.15) is 0 Å². The molecule has 14 heavy (non-hydrogen) atoms. The number of carbonyl (C=O) groups excluding carboxylic acids is 1. The van der Waals surface area contributed by atoms with Crippen LogP contribution in [0.4, 0.5) is 5.69 Å². The number of carbonyl (C=O) groups is 1. The van der Waals surface area contributed by atoms with Crippen molar-refractivity contribution in [3.8, 4) is 0 Å². The van der Waals surface area contributed by atoms with Crippen molar-refractivity contribution in [3.05, 3.63) is 29.3 Å². The number of benzene rings is 1. The van der Waals surface area contributed by atoms with E-state index in [9.17, 15) is 4.79 Å². The lowest BCUT2D eigenvalue weighted by Gasteiger charge is -2.09. The number of amides is 1. The zero-order valence-electron chi connectivity index (χ0n) is 8.87. The van der Waals surface area contributed by atoms with Gasteiger partial charge in [0.2, 0.25) is 5.91 Å². The molecule has 1 heterocycles. The Morgan fingerprint density at radius 1 is 1.43 bits per heavy atom. The second kappa shape index (κ2) is 3.12. The number of nitrogens with zero attached hydrogens (tertiary/aromatic N) is 1. The van der Waals surface area contributed by atoms with Crippen LogP contribution >= 0.6 is 0 Å². The van der Waals surface area contributed by atoms with E-state index in [-0.39, 0.29) is 11.8 Å². The fourth-order valence-corrected chi connectivity index (χ4v) is 2.14. The Morgan fingerprint density at radius 3 is 2.79 bits per heavy atom. The predicted octanol–water partition coefficient (Wildman–Crippen LogP) is 2.47. The number of hydrogen-bond donors (Lipinski definition) is 0. The molecule has 2 nitrogen and oxygen atoms in total. The summed E-state index contributed by atoms with van der Waals surface area (Å²) in [6.07, 6.45) is 0.889. The topological polar surface area (TPSA) is 20.3 Å². The van der Waals surface area contributed by atoms with Crippen LogP contribution < -0.4 is 4.90 Å². The standard InChI is InChI=1S/C12H15NO/c1-4-9-10-7-8(2)5-6-11(10)13(3)12(9)14/h5-7,9H,4H2,1-3H3. The molecule has 1 unspecified atom stereocenters. The highest BCUT2D eigenvalue weighted by molar-refractivity contribution is 6.04. The van der Waals surface area contributed by atoms with Crippen LogP contribution in [0.5, 0.6) is 0 Å². The Kier molecular flexibility index (Phi) is 2.06. The molecule has 0 aliphatic carbocycles. The van der Waals surface area contributed by atoms with Gasteiger partial charge < -0.3 is 4.90 Å². The van der Waals surface area contributed by atoms with Crippen molar-refractivity contribution in [2.24, 2.45) is 0 Å². The molecule has 1 atom stereocenters. The van der Waals surface area contributed by atoms with E-state index in [1.165, 1.54) is 11.1 Å². The molecule has 1 aliphatic rings. The van der Waals surface area contributed by atoms with Crippen LogP contribution in [0.1, 0.15) is 30.4 Å². The van der Waals surface area contributed by atoms with Crippen molar-refractivity contribution in [1.82, 2.24) is 0 Å². The molecule has 1 aliphatic heterocycles. The quantitative estimate of drug-likeness (QED) is 0.664. The first-order valence-corrected chi connectivity index (χ1v) is 5.03. The Balaban J connectivity index is 2.56. The lowest BCUT2D eigenvalue weighted by Crippen LogP contribution is -2.23. The van der Waals surface area contributed by atoms with Crippen LogP contribution in [0, 0.1) is 6.92 Å². The fourth-order valence-electron chi connectivity index (χ4n) is 2.14. The average molecular weight is 189 g/mol. The summed E-state index contributed by atoms with van der Waals surface area (Å²) in [6.45, 7) is 4.13. The predicted molar refractivity (Wildman–Crippen MR) is 57.6 cm³/mol. The summed E-state index contributed by atoms with van der Waals surface area (Å²) >= 11 is 0. The maximum absolute atomic E-state index is 11.8. The van der Waals surface area contributed by atoms with Crippen LogP contribution in [0.25, 0.3) is 0 Å². The molecule has 0 N–H and O–H groups in total. The number of likely N-dealkylation sites (N-methyl/N-ethyl adjacent to an activating group) is 1. The van der Waals surface area contributed by atoms with Crippen LogP contribution in [-0.2, 0) is 4.79 Å². The third kappa shape index (κ3) is 1.14. The van der Waals surface area contributed by atoms with E-state index in [1.54, 1.807) is 4.90 Å². The molecule has 0 spiro atoms.